The summed E-state index contributed by atoms with van der Waals surface area (Å²) in [5.74, 6) is -0.619. The highest BCUT2D eigenvalue weighted by Crippen LogP contribution is 2.28. The Labute approximate surface area is 225 Å². The molecule has 2 aromatic heterocycles. The molecule has 0 radical (unpaired) electrons. The molecule has 0 unspecified atom stereocenters. The summed E-state index contributed by atoms with van der Waals surface area (Å²) in [4.78, 5) is 16.8. The summed E-state index contributed by atoms with van der Waals surface area (Å²) in [7, 11) is -4.02. The Balaban J connectivity index is 1.54. The lowest BCUT2D eigenvalue weighted by Crippen LogP contribution is -2.39. The van der Waals surface area contributed by atoms with Crippen LogP contribution in [0.4, 0.5) is 5.69 Å². The Kier molecular flexibility index (Phi) is 7.97. The van der Waals surface area contributed by atoms with Gasteiger partial charge in [-0.3, -0.25) is 14.1 Å². The number of rotatable bonds is 8. The molecule has 0 saturated heterocycles. The molecule has 0 aliphatic rings. The number of nitrogens with one attached hydrogen (secondary N) is 1. The van der Waals surface area contributed by atoms with Gasteiger partial charge in [0, 0.05) is 28.2 Å². The number of halogens is 2. The Morgan fingerprint density at radius 1 is 1.08 bits per heavy atom. The summed E-state index contributed by atoms with van der Waals surface area (Å²) in [6.07, 6.45) is 4.40. The molecule has 4 aromatic rings. The number of carbonyl (C=O) groups excluding carboxylic acids is 1. The third kappa shape index (κ3) is 5.85. The van der Waals surface area contributed by atoms with Crippen LogP contribution in [0.25, 0.3) is 5.69 Å². The minimum absolute atomic E-state index is 0.0577. The van der Waals surface area contributed by atoms with E-state index >= 15 is 0 Å². The van der Waals surface area contributed by atoms with Crippen molar-refractivity contribution in [3.8, 4) is 5.69 Å². The van der Waals surface area contributed by atoms with E-state index in [0.717, 1.165) is 26.9 Å². The van der Waals surface area contributed by atoms with E-state index < -0.39 is 22.5 Å². The van der Waals surface area contributed by atoms with Crippen LogP contribution >= 0.6 is 23.2 Å². The quantitative estimate of drug-likeness (QED) is 0.240. The summed E-state index contributed by atoms with van der Waals surface area (Å²) < 4.78 is 29.5. The number of amides is 1. The molecule has 1 amide bonds. The van der Waals surface area contributed by atoms with Gasteiger partial charge in [-0.25, -0.2) is 13.8 Å². The van der Waals surface area contributed by atoms with Crippen molar-refractivity contribution in [3.63, 3.8) is 0 Å². The van der Waals surface area contributed by atoms with Crippen molar-refractivity contribution >= 4 is 51.0 Å². The van der Waals surface area contributed by atoms with Crippen molar-refractivity contribution in [2.24, 2.45) is 5.10 Å². The van der Waals surface area contributed by atoms with Crippen molar-refractivity contribution in [3.05, 3.63) is 106 Å². The second-order valence-electron chi connectivity index (χ2n) is 8.09. The Bertz CT molecular complexity index is 1560. The average Bonchev–Trinajstić information content (AvgIpc) is 3.17. The number of hydrogen-bond acceptors (Lipinski definition) is 5. The van der Waals surface area contributed by atoms with E-state index in [0.29, 0.717) is 10.0 Å². The molecule has 4 rings (SSSR count). The van der Waals surface area contributed by atoms with Crippen LogP contribution in [0.5, 0.6) is 0 Å². The van der Waals surface area contributed by atoms with Crippen LogP contribution in [0, 0.1) is 13.8 Å². The van der Waals surface area contributed by atoms with Crippen LogP contribution in [0.1, 0.15) is 17.0 Å². The number of aryl methyl sites for hydroxylation is 1. The number of hydrogen-bond donors (Lipinski definition) is 1. The normalized spacial score (nSPS) is 11.6. The van der Waals surface area contributed by atoms with E-state index in [4.69, 9.17) is 23.2 Å². The fourth-order valence-corrected chi connectivity index (χ4v) is 5.62. The van der Waals surface area contributed by atoms with Gasteiger partial charge >= 0.3 is 0 Å². The van der Waals surface area contributed by atoms with Crippen LogP contribution in [0.3, 0.4) is 0 Å². The topological polar surface area (TPSA) is 96.7 Å². The molecular weight excluding hydrogens is 533 g/mol. The standard InChI is InChI=1S/C26H23Cl2N5O3S/c1-18-13-20(19(2)33(18)25-14-21(27)10-11-24(25)28)15-30-31-26(34)17-32(22-7-6-12-29-16-22)37(35,36)23-8-4-3-5-9-23/h3-16H,17H2,1-2H3,(H,31,34)/b30-15+. The maximum atomic E-state index is 13.3. The lowest BCUT2D eigenvalue weighted by Gasteiger charge is -2.23. The van der Waals surface area contributed by atoms with Gasteiger partial charge in [-0.05, 0) is 62.4 Å². The first-order valence-electron chi connectivity index (χ1n) is 11.1. The fourth-order valence-electron chi connectivity index (χ4n) is 3.82. The average molecular weight is 556 g/mol. The minimum Gasteiger partial charge on any atom is -0.316 e. The molecule has 0 bridgehead atoms. The molecule has 1 N–H and O–H groups in total. The first-order valence-corrected chi connectivity index (χ1v) is 13.3. The Hall–Kier alpha value is -3.66. The SMILES string of the molecule is Cc1cc(/C=N/NC(=O)CN(c2cccnc2)S(=O)(=O)c2ccccc2)c(C)n1-c1cc(Cl)ccc1Cl. The van der Waals surface area contributed by atoms with Gasteiger partial charge in [-0.1, -0.05) is 41.4 Å². The molecule has 37 heavy (non-hydrogen) atoms. The number of aromatic nitrogens is 2. The Morgan fingerprint density at radius 3 is 2.54 bits per heavy atom. The maximum absolute atomic E-state index is 13.3. The molecule has 0 fully saturated rings. The van der Waals surface area contributed by atoms with Gasteiger partial charge in [-0.2, -0.15) is 5.10 Å². The van der Waals surface area contributed by atoms with Gasteiger partial charge in [0.05, 0.1) is 33.7 Å². The molecule has 2 aromatic carbocycles. The van der Waals surface area contributed by atoms with Gasteiger partial charge < -0.3 is 4.57 Å². The first-order chi connectivity index (χ1) is 17.7. The van der Waals surface area contributed by atoms with E-state index in [1.165, 1.54) is 30.7 Å². The largest absolute Gasteiger partial charge is 0.316 e. The zero-order valence-corrected chi connectivity index (χ0v) is 22.3. The van der Waals surface area contributed by atoms with Crippen molar-refractivity contribution in [1.82, 2.24) is 15.0 Å². The van der Waals surface area contributed by atoms with Crippen LogP contribution in [0.2, 0.25) is 10.0 Å². The monoisotopic (exact) mass is 555 g/mol. The van der Waals surface area contributed by atoms with Crippen molar-refractivity contribution in [2.75, 3.05) is 10.8 Å². The second kappa shape index (κ2) is 11.2. The summed E-state index contributed by atoms with van der Waals surface area (Å²) in [6.45, 7) is 3.32. The second-order valence-corrected chi connectivity index (χ2v) is 10.8. The number of sulfonamides is 1. The highest BCUT2D eigenvalue weighted by Gasteiger charge is 2.27. The number of pyridine rings is 1. The molecule has 0 spiro atoms. The van der Waals surface area contributed by atoms with Crippen LogP contribution in [0.15, 0.2) is 89.1 Å². The zero-order chi connectivity index (χ0) is 26.6. The van der Waals surface area contributed by atoms with Crippen LogP contribution < -0.4 is 9.73 Å². The predicted molar refractivity (Wildman–Crippen MR) is 146 cm³/mol. The predicted octanol–water partition coefficient (Wildman–Crippen LogP) is 5.14. The number of benzene rings is 2. The number of hydrazone groups is 1. The van der Waals surface area contributed by atoms with Gasteiger partial charge in [-0.15, -0.1) is 0 Å². The highest BCUT2D eigenvalue weighted by atomic mass is 35.5. The van der Waals surface area contributed by atoms with E-state index in [1.807, 2.05) is 24.5 Å². The summed E-state index contributed by atoms with van der Waals surface area (Å²) >= 11 is 12.5. The minimum atomic E-state index is -4.02. The number of carbonyl (C=O) groups is 1. The molecule has 190 valence electrons. The van der Waals surface area contributed by atoms with Gasteiger partial charge in [0.15, 0.2) is 0 Å². The van der Waals surface area contributed by atoms with Crippen LogP contribution in [-0.2, 0) is 14.8 Å². The molecule has 2 heterocycles. The summed E-state index contributed by atoms with van der Waals surface area (Å²) in [5.41, 5.74) is 5.88. The Morgan fingerprint density at radius 2 is 1.84 bits per heavy atom. The molecule has 0 aliphatic heterocycles. The molecule has 8 nitrogen and oxygen atoms in total. The highest BCUT2D eigenvalue weighted by molar-refractivity contribution is 7.92. The summed E-state index contributed by atoms with van der Waals surface area (Å²) in [5, 5.41) is 5.15. The molecule has 0 aliphatic carbocycles. The van der Waals surface area contributed by atoms with Crippen LogP contribution in [-0.4, -0.2) is 36.6 Å². The van der Waals surface area contributed by atoms with E-state index in [-0.39, 0.29) is 10.6 Å². The van der Waals surface area contributed by atoms with Gasteiger partial charge in [0.1, 0.15) is 6.54 Å². The third-order valence-corrected chi connectivity index (χ3v) is 7.91. The lowest BCUT2D eigenvalue weighted by molar-refractivity contribution is -0.119. The first kappa shape index (κ1) is 26.4. The summed E-state index contributed by atoms with van der Waals surface area (Å²) in [6, 6.07) is 18.2. The molecule has 0 atom stereocenters. The lowest BCUT2D eigenvalue weighted by atomic mass is 10.2. The van der Waals surface area contributed by atoms with E-state index in [2.05, 4.69) is 15.5 Å². The smallest absolute Gasteiger partial charge is 0.264 e. The number of nitrogens with zero attached hydrogens (tertiary/aromatic N) is 4. The fraction of sp³-hybridized carbons (Fsp3) is 0.115. The number of anilines is 1. The van der Waals surface area contributed by atoms with E-state index in [9.17, 15) is 13.2 Å². The molecule has 0 saturated carbocycles. The third-order valence-electron chi connectivity index (χ3n) is 5.56. The molecule has 11 heteroatoms. The zero-order valence-electron chi connectivity index (χ0n) is 20.0. The van der Waals surface area contributed by atoms with Crippen molar-refractivity contribution < 1.29 is 13.2 Å². The van der Waals surface area contributed by atoms with Crippen molar-refractivity contribution in [1.29, 1.82) is 0 Å². The van der Waals surface area contributed by atoms with Gasteiger partial charge in [0.2, 0.25) is 0 Å². The van der Waals surface area contributed by atoms with E-state index in [1.54, 1.807) is 48.5 Å². The van der Waals surface area contributed by atoms with Gasteiger partial charge in [0.25, 0.3) is 15.9 Å². The molecular formula is C26H23Cl2N5O3S. The van der Waals surface area contributed by atoms with Crippen molar-refractivity contribution in [2.45, 2.75) is 18.7 Å². The maximum Gasteiger partial charge on any atom is 0.264 e.